The van der Waals surface area contributed by atoms with Gasteiger partial charge in [0.15, 0.2) is 0 Å². The Balaban J connectivity index is 1.63. The number of hydrogen-bond donors (Lipinski definition) is 2. The van der Waals surface area contributed by atoms with E-state index in [-0.39, 0.29) is 18.0 Å². The molecular weight excluding hydrogens is 320 g/mol. The molecule has 0 radical (unpaired) electrons. The van der Waals surface area contributed by atoms with Crippen molar-refractivity contribution < 1.29 is 4.79 Å². The predicted octanol–water partition coefficient (Wildman–Crippen LogP) is 1.61. The topological polar surface area (TPSA) is 106 Å². The molecular formula is C17H14N6O2. The third-order valence-electron chi connectivity index (χ3n) is 3.83. The summed E-state index contributed by atoms with van der Waals surface area (Å²) >= 11 is 0. The molecule has 1 amide bonds. The van der Waals surface area contributed by atoms with Crippen molar-refractivity contribution in [3.63, 3.8) is 0 Å². The van der Waals surface area contributed by atoms with Gasteiger partial charge in [-0.2, -0.15) is 0 Å². The van der Waals surface area contributed by atoms with Crippen LogP contribution in [-0.2, 0) is 11.3 Å². The Hall–Kier alpha value is -3.55. The zero-order chi connectivity index (χ0) is 17.4. The molecule has 8 heteroatoms. The minimum absolute atomic E-state index is 0.147. The van der Waals surface area contributed by atoms with Gasteiger partial charge in [0.1, 0.15) is 23.8 Å². The Labute approximate surface area is 141 Å². The van der Waals surface area contributed by atoms with Gasteiger partial charge in [0.25, 0.3) is 5.56 Å². The normalized spacial score (nSPS) is 11.1. The van der Waals surface area contributed by atoms with Crippen LogP contribution >= 0.6 is 0 Å². The number of carbonyl (C=O) groups excluding carboxylic acids is 1. The number of H-pyrrole nitrogens is 1. The number of nitrogens with zero attached hydrogens (tertiary/aromatic N) is 4. The number of nitrogens with one attached hydrogen (secondary N) is 2. The minimum atomic E-state index is -0.361. The lowest BCUT2D eigenvalue weighted by Crippen LogP contribution is -2.28. The van der Waals surface area contributed by atoms with Gasteiger partial charge in [-0.25, -0.2) is 15.0 Å². The van der Waals surface area contributed by atoms with E-state index in [2.05, 4.69) is 25.3 Å². The SMILES string of the molecule is Cc1nc(NC(=O)Cn2cnc3ccccc3c2=O)c2cc[nH]c2n1. The van der Waals surface area contributed by atoms with Crippen LogP contribution in [0, 0.1) is 6.92 Å². The molecule has 25 heavy (non-hydrogen) atoms. The summed E-state index contributed by atoms with van der Waals surface area (Å²) in [4.78, 5) is 40.5. The summed E-state index contributed by atoms with van der Waals surface area (Å²) < 4.78 is 1.28. The molecule has 0 aliphatic carbocycles. The number of rotatable bonds is 3. The van der Waals surface area contributed by atoms with Crippen molar-refractivity contribution in [2.45, 2.75) is 13.5 Å². The lowest BCUT2D eigenvalue weighted by atomic mass is 10.2. The number of anilines is 1. The van der Waals surface area contributed by atoms with Gasteiger partial charge in [0.2, 0.25) is 5.91 Å². The van der Waals surface area contributed by atoms with Crippen molar-refractivity contribution in [2.75, 3.05) is 5.32 Å². The first-order valence-electron chi connectivity index (χ1n) is 7.67. The van der Waals surface area contributed by atoms with Crippen molar-refractivity contribution in [3.8, 4) is 0 Å². The van der Waals surface area contributed by atoms with Crippen LogP contribution < -0.4 is 10.9 Å². The molecule has 0 aliphatic rings. The van der Waals surface area contributed by atoms with Gasteiger partial charge in [0.05, 0.1) is 22.6 Å². The average Bonchev–Trinajstić information content (AvgIpc) is 3.06. The number of aryl methyl sites for hydroxylation is 1. The molecule has 3 aromatic heterocycles. The Morgan fingerprint density at radius 1 is 1.20 bits per heavy atom. The third-order valence-corrected chi connectivity index (χ3v) is 3.83. The molecule has 0 fully saturated rings. The van der Waals surface area contributed by atoms with Crippen LogP contribution in [0.2, 0.25) is 0 Å². The van der Waals surface area contributed by atoms with Crippen molar-refractivity contribution >= 4 is 33.7 Å². The average molecular weight is 334 g/mol. The summed E-state index contributed by atoms with van der Waals surface area (Å²) in [6.07, 6.45) is 3.10. The van der Waals surface area contributed by atoms with E-state index in [1.54, 1.807) is 37.4 Å². The van der Waals surface area contributed by atoms with Gasteiger partial charge in [-0.1, -0.05) is 12.1 Å². The first-order chi connectivity index (χ1) is 12.1. The maximum Gasteiger partial charge on any atom is 0.261 e. The Kier molecular flexibility index (Phi) is 3.50. The van der Waals surface area contributed by atoms with Crippen molar-refractivity contribution in [2.24, 2.45) is 0 Å². The van der Waals surface area contributed by atoms with Gasteiger partial charge in [-0.3, -0.25) is 14.2 Å². The molecule has 0 atom stereocenters. The van der Waals surface area contributed by atoms with E-state index in [9.17, 15) is 9.59 Å². The monoisotopic (exact) mass is 334 g/mol. The standard InChI is InChI=1S/C17H14N6O2/c1-10-20-15-12(6-7-18-15)16(21-10)22-14(24)8-23-9-19-13-5-3-2-4-11(13)17(23)25/h2-7,9H,8H2,1H3,(H2,18,20,21,22,24). The summed E-state index contributed by atoms with van der Waals surface area (Å²) in [5.41, 5.74) is 0.989. The molecule has 124 valence electrons. The second-order valence-electron chi connectivity index (χ2n) is 5.60. The molecule has 0 spiro atoms. The molecule has 1 aromatic carbocycles. The molecule has 2 N–H and O–H groups in total. The van der Waals surface area contributed by atoms with Crippen LogP contribution in [0.1, 0.15) is 5.82 Å². The van der Waals surface area contributed by atoms with Gasteiger partial charge < -0.3 is 10.3 Å². The summed E-state index contributed by atoms with van der Waals surface area (Å²) in [6.45, 7) is 1.60. The van der Waals surface area contributed by atoms with Crippen molar-refractivity contribution in [1.29, 1.82) is 0 Å². The van der Waals surface area contributed by atoms with E-state index < -0.39 is 0 Å². The number of hydrogen-bond acceptors (Lipinski definition) is 5. The second kappa shape index (κ2) is 5.82. The molecule has 4 rings (SSSR count). The minimum Gasteiger partial charge on any atom is -0.346 e. The number of carbonyl (C=O) groups is 1. The van der Waals surface area contributed by atoms with E-state index >= 15 is 0 Å². The highest BCUT2D eigenvalue weighted by atomic mass is 16.2. The molecule has 0 aliphatic heterocycles. The lowest BCUT2D eigenvalue weighted by molar-refractivity contribution is -0.116. The number of para-hydroxylation sites is 1. The van der Waals surface area contributed by atoms with E-state index in [4.69, 9.17) is 0 Å². The molecule has 0 bridgehead atoms. The fourth-order valence-corrected chi connectivity index (χ4v) is 2.69. The lowest BCUT2D eigenvalue weighted by Gasteiger charge is -2.08. The van der Waals surface area contributed by atoms with Crippen LogP contribution in [0.15, 0.2) is 47.7 Å². The molecule has 0 saturated heterocycles. The fraction of sp³-hybridized carbons (Fsp3) is 0.118. The van der Waals surface area contributed by atoms with E-state index in [0.717, 1.165) is 0 Å². The summed E-state index contributed by atoms with van der Waals surface area (Å²) in [5, 5.41) is 3.92. The number of fused-ring (bicyclic) bond motifs is 2. The Bertz CT molecular complexity index is 1160. The smallest absolute Gasteiger partial charge is 0.261 e. The second-order valence-corrected chi connectivity index (χ2v) is 5.60. The van der Waals surface area contributed by atoms with Crippen LogP contribution in [0.4, 0.5) is 5.82 Å². The molecule has 0 unspecified atom stereocenters. The highest BCUT2D eigenvalue weighted by Crippen LogP contribution is 2.18. The highest BCUT2D eigenvalue weighted by molar-refractivity contribution is 5.98. The van der Waals surface area contributed by atoms with Crippen LogP contribution in [0.5, 0.6) is 0 Å². The summed E-state index contributed by atoms with van der Waals surface area (Å²) in [6, 6.07) is 8.81. The molecule has 4 aromatic rings. The molecule has 3 heterocycles. The largest absolute Gasteiger partial charge is 0.346 e. The number of aromatic nitrogens is 5. The van der Waals surface area contributed by atoms with Gasteiger partial charge in [0, 0.05) is 6.20 Å². The number of benzene rings is 1. The number of amides is 1. The van der Waals surface area contributed by atoms with Gasteiger partial charge in [-0.05, 0) is 25.1 Å². The molecule has 8 nitrogen and oxygen atoms in total. The van der Waals surface area contributed by atoms with Crippen molar-refractivity contribution in [1.82, 2.24) is 24.5 Å². The maximum absolute atomic E-state index is 12.5. The van der Waals surface area contributed by atoms with Crippen LogP contribution in [-0.4, -0.2) is 30.4 Å². The summed E-state index contributed by atoms with van der Waals surface area (Å²) in [5.74, 6) is 0.588. The Morgan fingerprint density at radius 2 is 2.04 bits per heavy atom. The first kappa shape index (κ1) is 15.0. The van der Waals surface area contributed by atoms with Gasteiger partial charge in [-0.15, -0.1) is 0 Å². The number of aromatic amines is 1. The van der Waals surface area contributed by atoms with E-state index in [0.29, 0.717) is 33.6 Å². The quantitative estimate of drug-likeness (QED) is 0.592. The zero-order valence-electron chi connectivity index (χ0n) is 13.4. The maximum atomic E-state index is 12.5. The highest BCUT2D eigenvalue weighted by Gasteiger charge is 2.12. The fourth-order valence-electron chi connectivity index (χ4n) is 2.69. The van der Waals surface area contributed by atoms with Crippen LogP contribution in [0.25, 0.3) is 21.9 Å². The third kappa shape index (κ3) is 2.74. The van der Waals surface area contributed by atoms with E-state index in [1.165, 1.54) is 10.9 Å². The van der Waals surface area contributed by atoms with Crippen LogP contribution in [0.3, 0.4) is 0 Å². The molecule has 0 saturated carbocycles. The van der Waals surface area contributed by atoms with Crippen molar-refractivity contribution in [3.05, 3.63) is 59.0 Å². The zero-order valence-corrected chi connectivity index (χ0v) is 13.4. The Morgan fingerprint density at radius 3 is 2.92 bits per heavy atom. The summed E-state index contributed by atoms with van der Waals surface area (Å²) in [7, 11) is 0. The van der Waals surface area contributed by atoms with Gasteiger partial charge >= 0.3 is 0 Å². The van der Waals surface area contributed by atoms with E-state index in [1.807, 2.05) is 6.07 Å². The predicted molar refractivity (Wildman–Crippen MR) is 93.3 cm³/mol. The first-order valence-corrected chi connectivity index (χ1v) is 7.67.